The molecule has 0 saturated heterocycles. The Morgan fingerprint density at radius 2 is 1.43 bits per heavy atom. The van der Waals surface area contributed by atoms with Crippen LogP contribution >= 0.6 is 11.8 Å². The van der Waals surface area contributed by atoms with Crippen LogP contribution in [0.5, 0.6) is 28.7 Å². The summed E-state index contributed by atoms with van der Waals surface area (Å²) in [6, 6.07) is 23.9. The summed E-state index contributed by atoms with van der Waals surface area (Å²) in [6.45, 7) is 0. The lowest BCUT2D eigenvalue weighted by Crippen LogP contribution is -2.36. The van der Waals surface area contributed by atoms with Crippen molar-refractivity contribution in [3.8, 4) is 28.7 Å². The molecule has 0 aliphatic carbocycles. The molecule has 1 atom stereocenters. The molecule has 4 aromatic rings. The van der Waals surface area contributed by atoms with E-state index in [0.29, 0.717) is 33.3 Å². The molecule has 3 N–H and O–H groups in total. The molecule has 220 valence electrons. The van der Waals surface area contributed by atoms with Crippen molar-refractivity contribution in [2.45, 2.75) is 10.9 Å². The number of amidine groups is 1. The molecule has 1 unspecified atom stereocenters. The first-order chi connectivity index (χ1) is 21.4. The number of hydrogen-bond donors (Lipinski definition) is 3. The Kier molecular flexibility index (Phi) is 7.87. The number of ketones is 1. The molecule has 2 aliphatic heterocycles. The van der Waals surface area contributed by atoms with Gasteiger partial charge in [0.1, 0.15) is 5.75 Å². The minimum Gasteiger partial charge on any atom is -0.508 e. The van der Waals surface area contributed by atoms with Crippen molar-refractivity contribution < 1.29 is 29.6 Å². The summed E-state index contributed by atoms with van der Waals surface area (Å²) < 4.78 is 10.5. The van der Waals surface area contributed by atoms with Gasteiger partial charge in [-0.2, -0.15) is 0 Å². The summed E-state index contributed by atoms with van der Waals surface area (Å²) in [5.74, 6) is 0.360. The molecule has 0 fully saturated rings. The highest BCUT2D eigenvalue weighted by molar-refractivity contribution is 8.14. The Morgan fingerprint density at radius 1 is 0.795 bits per heavy atom. The highest BCUT2D eigenvalue weighted by atomic mass is 32.2. The number of anilines is 1. The number of aromatic hydroxyl groups is 3. The number of fused-ring (bicyclic) bond motifs is 3. The molecule has 6 rings (SSSR count). The summed E-state index contributed by atoms with van der Waals surface area (Å²) in [4.78, 5) is 22.2. The first-order valence-electron chi connectivity index (χ1n) is 13.7. The summed E-state index contributed by atoms with van der Waals surface area (Å²) in [7, 11) is 2.94. The molecule has 8 nitrogen and oxygen atoms in total. The highest BCUT2D eigenvalue weighted by Gasteiger charge is 2.42. The lowest BCUT2D eigenvalue weighted by atomic mass is 9.89. The Morgan fingerprint density at radius 3 is 2.11 bits per heavy atom. The number of carbonyl (C=O) groups is 1. The monoisotopic (exact) mass is 604 g/mol. The van der Waals surface area contributed by atoms with E-state index in [2.05, 4.69) is 0 Å². The van der Waals surface area contributed by atoms with Gasteiger partial charge in [-0.1, -0.05) is 54.6 Å². The van der Waals surface area contributed by atoms with Crippen LogP contribution in [0.2, 0.25) is 0 Å². The zero-order valence-electron chi connectivity index (χ0n) is 23.8. The van der Waals surface area contributed by atoms with Crippen LogP contribution in [-0.2, 0) is 4.79 Å². The lowest BCUT2D eigenvalue weighted by Gasteiger charge is -2.35. The Bertz CT molecular complexity index is 1890. The number of methoxy groups -OCH3 is 2. The fourth-order valence-electron chi connectivity index (χ4n) is 5.19. The minimum atomic E-state index is -0.694. The number of phenols is 3. The van der Waals surface area contributed by atoms with E-state index < -0.39 is 6.04 Å². The average molecular weight is 605 g/mol. The normalized spacial score (nSPS) is 15.8. The number of thioether (sulfide) groups is 1. The topological polar surface area (TPSA) is 112 Å². The number of carbonyl (C=O) groups excluding carboxylic acids is 1. The third-order valence-electron chi connectivity index (χ3n) is 7.32. The van der Waals surface area contributed by atoms with E-state index in [1.54, 1.807) is 54.6 Å². The molecule has 0 aromatic heterocycles. The first kappa shape index (κ1) is 28.7. The Hall–Kier alpha value is -5.41. The smallest absolute Gasteiger partial charge is 0.186 e. The number of aliphatic imine (C=N–C) groups is 1. The van der Waals surface area contributed by atoms with E-state index in [1.807, 2.05) is 41.3 Å². The first-order valence-corrected chi connectivity index (χ1v) is 14.5. The van der Waals surface area contributed by atoms with Crippen molar-refractivity contribution in [2.24, 2.45) is 4.99 Å². The highest BCUT2D eigenvalue weighted by Crippen LogP contribution is 2.51. The molecule has 4 aromatic carbocycles. The third kappa shape index (κ3) is 5.41. The van der Waals surface area contributed by atoms with Gasteiger partial charge in [0.2, 0.25) is 0 Å². The van der Waals surface area contributed by atoms with Crippen molar-refractivity contribution in [3.05, 3.63) is 125 Å². The van der Waals surface area contributed by atoms with E-state index in [1.165, 1.54) is 44.2 Å². The van der Waals surface area contributed by atoms with Gasteiger partial charge in [0.25, 0.3) is 0 Å². The zero-order chi connectivity index (χ0) is 30.8. The molecule has 2 aliphatic rings. The zero-order valence-corrected chi connectivity index (χ0v) is 24.7. The SMILES string of the molecule is COc1cc(/C=C/C(=O)C2=C(/C=C/c3ccc(O)c(OC)c3)N=C3Sc4ccccc4N3C2c2ccccc2O)ccc1O. The van der Waals surface area contributed by atoms with Gasteiger partial charge in [-0.15, -0.1) is 0 Å². The van der Waals surface area contributed by atoms with Gasteiger partial charge in [0.15, 0.2) is 33.9 Å². The van der Waals surface area contributed by atoms with Crippen LogP contribution in [0.4, 0.5) is 5.69 Å². The summed E-state index contributed by atoms with van der Waals surface area (Å²) in [5.41, 5.74) is 3.61. The van der Waals surface area contributed by atoms with E-state index in [9.17, 15) is 20.1 Å². The second-order valence-corrected chi connectivity index (χ2v) is 11.0. The van der Waals surface area contributed by atoms with Crippen LogP contribution in [-0.4, -0.2) is 40.5 Å². The molecular formula is C35H28N2O6S. The van der Waals surface area contributed by atoms with Crippen LogP contribution in [0.15, 0.2) is 118 Å². The van der Waals surface area contributed by atoms with E-state index >= 15 is 0 Å². The second kappa shape index (κ2) is 12.1. The molecule has 0 bridgehead atoms. The lowest BCUT2D eigenvalue weighted by molar-refractivity contribution is -0.111. The van der Waals surface area contributed by atoms with Gasteiger partial charge in [0, 0.05) is 10.5 Å². The number of para-hydroxylation sites is 2. The quantitative estimate of drug-likeness (QED) is 0.183. The van der Waals surface area contributed by atoms with Crippen molar-refractivity contribution >= 4 is 40.6 Å². The number of allylic oxidation sites excluding steroid dienone is 2. The molecule has 0 spiro atoms. The van der Waals surface area contributed by atoms with E-state index in [0.717, 1.165) is 16.1 Å². The number of benzene rings is 4. The molecule has 0 radical (unpaired) electrons. The fraction of sp³-hybridized carbons (Fsp3) is 0.0857. The summed E-state index contributed by atoms with van der Waals surface area (Å²) in [5, 5.41) is 31.8. The van der Waals surface area contributed by atoms with E-state index in [4.69, 9.17) is 14.5 Å². The van der Waals surface area contributed by atoms with Crippen LogP contribution in [0.3, 0.4) is 0 Å². The van der Waals surface area contributed by atoms with Gasteiger partial charge in [-0.25, -0.2) is 4.99 Å². The largest absolute Gasteiger partial charge is 0.508 e. The molecule has 2 heterocycles. The Labute approximate surface area is 258 Å². The summed E-state index contributed by atoms with van der Waals surface area (Å²) >= 11 is 1.49. The maximum atomic E-state index is 14.3. The molecular weight excluding hydrogens is 576 g/mol. The van der Waals surface area contributed by atoms with Crippen molar-refractivity contribution in [1.82, 2.24) is 0 Å². The van der Waals surface area contributed by atoms with Crippen LogP contribution in [0.1, 0.15) is 22.7 Å². The van der Waals surface area contributed by atoms with Gasteiger partial charge in [-0.3, -0.25) is 4.79 Å². The minimum absolute atomic E-state index is 0.00377. The van der Waals surface area contributed by atoms with Gasteiger partial charge < -0.3 is 29.7 Å². The van der Waals surface area contributed by atoms with Crippen LogP contribution in [0, 0.1) is 0 Å². The third-order valence-corrected chi connectivity index (χ3v) is 8.36. The molecule has 0 amide bonds. The number of nitrogens with zero attached hydrogens (tertiary/aromatic N) is 2. The number of ether oxygens (including phenoxy) is 2. The molecule has 44 heavy (non-hydrogen) atoms. The summed E-state index contributed by atoms with van der Waals surface area (Å²) in [6.07, 6.45) is 6.67. The van der Waals surface area contributed by atoms with Crippen LogP contribution in [0.25, 0.3) is 12.2 Å². The van der Waals surface area contributed by atoms with Crippen molar-refractivity contribution in [1.29, 1.82) is 0 Å². The van der Waals surface area contributed by atoms with Gasteiger partial charge >= 0.3 is 0 Å². The number of hydrogen-bond acceptors (Lipinski definition) is 9. The fourth-order valence-corrected chi connectivity index (χ4v) is 6.25. The van der Waals surface area contributed by atoms with Crippen molar-refractivity contribution in [3.63, 3.8) is 0 Å². The van der Waals surface area contributed by atoms with Gasteiger partial charge in [-0.05, 0) is 77.5 Å². The number of phenolic OH excluding ortho intramolecular Hbond substituents is 3. The second-order valence-electron chi connectivity index (χ2n) is 9.99. The predicted octanol–water partition coefficient (Wildman–Crippen LogP) is 7.09. The maximum Gasteiger partial charge on any atom is 0.186 e. The van der Waals surface area contributed by atoms with E-state index in [-0.39, 0.29) is 28.8 Å². The van der Waals surface area contributed by atoms with Gasteiger partial charge in [0.05, 0.1) is 37.2 Å². The number of rotatable bonds is 8. The van der Waals surface area contributed by atoms with Crippen LogP contribution < -0.4 is 14.4 Å². The molecule has 9 heteroatoms. The van der Waals surface area contributed by atoms with Crippen molar-refractivity contribution in [2.75, 3.05) is 19.1 Å². The standard InChI is InChI=1S/C35H28N2O6S/c1-42-30-19-21(12-16-27(30)39)11-15-24-33(29(41)18-14-22-13-17-28(40)31(20-22)43-2)34(23-7-3-5-9-26(23)38)37-25-8-4-6-10-32(25)44-35(37)36-24/h3-20,34,38-40H,1-2H3/b15-11+,18-14+. The Balaban J connectivity index is 1.52. The predicted molar refractivity (Wildman–Crippen MR) is 172 cm³/mol. The molecule has 0 saturated carbocycles. The average Bonchev–Trinajstić information content (AvgIpc) is 3.41. The maximum absolute atomic E-state index is 14.3.